The van der Waals surface area contributed by atoms with E-state index in [4.69, 9.17) is 0 Å². The molecule has 0 heterocycles. The van der Waals surface area contributed by atoms with E-state index in [-0.39, 0.29) is 23.6 Å². The van der Waals surface area contributed by atoms with Gasteiger partial charge in [-0.2, -0.15) is 0 Å². The first-order valence-electron chi connectivity index (χ1n) is 4.85. The van der Waals surface area contributed by atoms with E-state index < -0.39 is 5.92 Å². The monoisotopic (exact) mass is 182 g/mol. The first-order valence-corrected chi connectivity index (χ1v) is 4.85. The van der Waals surface area contributed by atoms with Gasteiger partial charge in [-0.05, 0) is 31.6 Å². The maximum Gasteiger partial charge on any atom is 0.316 e. The largest absolute Gasteiger partial charge is 0.468 e. The van der Waals surface area contributed by atoms with Crippen LogP contribution in [0.4, 0.5) is 0 Å². The van der Waals surface area contributed by atoms with E-state index in [1.54, 1.807) is 0 Å². The number of esters is 1. The van der Waals surface area contributed by atoms with Crippen LogP contribution in [0, 0.1) is 17.8 Å². The highest BCUT2D eigenvalue weighted by molar-refractivity contribution is 6.01. The first-order chi connectivity index (χ1) is 6.24. The maximum absolute atomic E-state index is 11.7. The van der Waals surface area contributed by atoms with Crippen molar-refractivity contribution in [2.45, 2.75) is 25.7 Å². The predicted molar refractivity (Wildman–Crippen MR) is 46.0 cm³/mol. The van der Waals surface area contributed by atoms with Gasteiger partial charge < -0.3 is 4.74 Å². The van der Waals surface area contributed by atoms with Crippen molar-refractivity contribution in [2.75, 3.05) is 7.11 Å². The number of ketones is 1. The number of Topliss-reactive ketones (excluding diaryl/α,β-unsaturated/α-hetero) is 1. The third-order valence-electron chi connectivity index (χ3n) is 3.41. The lowest BCUT2D eigenvalue weighted by atomic mass is 9.64. The fourth-order valence-corrected chi connectivity index (χ4v) is 2.66. The molecule has 0 aromatic rings. The van der Waals surface area contributed by atoms with Gasteiger partial charge in [0.2, 0.25) is 0 Å². The Labute approximate surface area is 77.4 Å². The van der Waals surface area contributed by atoms with E-state index >= 15 is 0 Å². The summed E-state index contributed by atoms with van der Waals surface area (Å²) < 4.78 is 4.65. The summed E-state index contributed by atoms with van der Waals surface area (Å²) in [6.07, 6.45) is 4.01. The Morgan fingerprint density at radius 1 is 1.31 bits per heavy atom. The summed E-state index contributed by atoms with van der Waals surface area (Å²) in [6.45, 7) is 0. The van der Waals surface area contributed by atoms with Gasteiger partial charge in [0.1, 0.15) is 11.7 Å². The molecule has 0 amide bonds. The quantitative estimate of drug-likeness (QED) is 0.451. The van der Waals surface area contributed by atoms with Crippen LogP contribution in [-0.2, 0) is 14.3 Å². The zero-order chi connectivity index (χ0) is 9.42. The zero-order valence-electron chi connectivity index (χ0n) is 7.79. The highest BCUT2D eigenvalue weighted by Gasteiger charge is 2.46. The number of fused-ring (bicyclic) bond motifs is 3. The molecule has 3 rings (SSSR count). The van der Waals surface area contributed by atoms with E-state index in [1.165, 1.54) is 7.11 Å². The summed E-state index contributed by atoms with van der Waals surface area (Å²) in [7, 11) is 1.36. The molecule has 3 heteroatoms. The molecular weight excluding hydrogens is 168 g/mol. The average molecular weight is 182 g/mol. The SMILES string of the molecule is COC(=O)C1C(=O)C2CCC1CC2. The summed E-state index contributed by atoms with van der Waals surface area (Å²) in [5.41, 5.74) is 0. The molecule has 72 valence electrons. The van der Waals surface area contributed by atoms with Gasteiger partial charge in [0.25, 0.3) is 0 Å². The van der Waals surface area contributed by atoms with Crippen molar-refractivity contribution in [1.29, 1.82) is 0 Å². The summed E-state index contributed by atoms with van der Waals surface area (Å²) >= 11 is 0. The van der Waals surface area contributed by atoms with E-state index in [0.717, 1.165) is 25.7 Å². The molecule has 3 saturated carbocycles. The first kappa shape index (κ1) is 8.73. The van der Waals surface area contributed by atoms with Gasteiger partial charge in [-0.15, -0.1) is 0 Å². The van der Waals surface area contributed by atoms with Crippen LogP contribution < -0.4 is 0 Å². The molecule has 0 saturated heterocycles. The number of rotatable bonds is 1. The molecule has 3 nitrogen and oxygen atoms in total. The Morgan fingerprint density at radius 2 is 1.92 bits per heavy atom. The van der Waals surface area contributed by atoms with E-state index in [2.05, 4.69) is 4.74 Å². The maximum atomic E-state index is 11.7. The molecule has 0 spiro atoms. The lowest BCUT2D eigenvalue weighted by Crippen LogP contribution is -2.44. The Balaban J connectivity index is 2.18. The van der Waals surface area contributed by atoms with Crippen LogP contribution in [0.1, 0.15) is 25.7 Å². The second-order valence-electron chi connectivity index (χ2n) is 4.01. The molecule has 0 radical (unpaired) electrons. The Morgan fingerprint density at radius 3 is 2.38 bits per heavy atom. The Hall–Kier alpha value is -0.860. The molecule has 1 atom stereocenters. The minimum Gasteiger partial charge on any atom is -0.468 e. The Bertz CT molecular complexity index is 239. The van der Waals surface area contributed by atoms with Crippen molar-refractivity contribution in [3.05, 3.63) is 0 Å². The standard InChI is InChI=1S/C10H14O3/c1-13-10(12)8-6-2-4-7(5-3-6)9(8)11/h6-8H,2-5H2,1H3. The lowest BCUT2D eigenvalue weighted by molar-refractivity contribution is -0.157. The van der Waals surface area contributed by atoms with Gasteiger partial charge in [0, 0.05) is 5.92 Å². The molecule has 0 aromatic carbocycles. The Kier molecular flexibility index (Phi) is 2.10. The molecule has 1 unspecified atom stereocenters. The second kappa shape index (κ2) is 3.13. The number of carbonyl (C=O) groups is 2. The third kappa shape index (κ3) is 1.26. The molecule has 3 aliphatic rings. The number of methoxy groups -OCH3 is 1. The van der Waals surface area contributed by atoms with Crippen LogP contribution >= 0.6 is 0 Å². The lowest BCUT2D eigenvalue weighted by Gasteiger charge is -2.39. The average Bonchev–Trinajstić information content (AvgIpc) is 2.18. The summed E-state index contributed by atoms with van der Waals surface area (Å²) in [4.78, 5) is 23.0. The van der Waals surface area contributed by atoms with Gasteiger partial charge in [-0.1, -0.05) is 0 Å². The topological polar surface area (TPSA) is 43.4 Å². The summed E-state index contributed by atoms with van der Waals surface area (Å²) in [5.74, 6) is -0.203. The van der Waals surface area contributed by atoms with E-state index in [0.29, 0.717) is 0 Å². The minimum absolute atomic E-state index is 0.134. The number of ether oxygens (including phenoxy) is 1. The van der Waals surface area contributed by atoms with Crippen LogP contribution in [0.2, 0.25) is 0 Å². The fourth-order valence-electron chi connectivity index (χ4n) is 2.66. The van der Waals surface area contributed by atoms with Crippen molar-refractivity contribution >= 4 is 11.8 Å². The van der Waals surface area contributed by atoms with Gasteiger partial charge in [0.05, 0.1) is 7.11 Å². The van der Waals surface area contributed by atoms with Crippen LogP contribution in [0.25, 0.3) is 0 Å². The molecule has 0 aromatic heterocycles. The summed E-state index contributed by atoms with van der Waals surface area (Å²) in [5, 5.41) is 0. The van der Waals surface area contributed by atoms with Crippen LogP contribution in [0.3, 0.4) is 0 Å². The van der Waals surface area contributed by atoms with Gasteiger partial charge >= 0.3 is 5.97 Å². The second-order valence-corrected chi connectivity index (χ2v) is 4.01. The van der Waals surface area contributed by atoms with Crippen molar-refractivity contribution in [1.82, 2.24) is 0 Å². The highest BCUT2D eigenvalue weighted by atomic mass is 16.5. The zero-order valence-corrected chi connectivity index (χ0v) is 7.79. The van der Waals surface area contributed by atoms with Crippen molar-refractivity contribution < 1.29 is 14.3 Å². The molecule has 2 bridgehead atoms. The molecule has 3 aliphatic carbocycles. The molecule has 0 aliphatic heterocycles. The molecule has 13 heavy (non-hydrogen) atoms. The number of hydrogen-bond acceptors (Lipinski definition) is 3. The van der Waals surface area contributed by atoms with Crippen LogP contribution in [-0.4, -0.2) is 18.9 Å². The fraction of sp³-hybridized carbons (Fsp3) is 0.800. The smallest absolute Gasteiger partial charge is 0.316 e. The van der Waals surface area contributed by atoms with Crippen molar-refractivity contribution in [3.8, 4) is 0 Å². The summed E-state index contributed by atoms with van der Waals surface area (Å²) in [6, 6.07) is 0. The van der Waals surface area contributed by atoms with Gasteiger partial charge in [-0.25, -0.2) is 0 Å². The third-order valence-corrected chi connectivity index (χ3v) is 3.41. The number of carbonyl (C=O) groups excluding carboxylic acids is 2. The van der Waals surface area contributed by atoms with Gasteiger partial charge in [0.15, 0.2) is 0 Å². The van der Waals surface area contributed by atoms with Crippen LogP contribution in [0.5, 0.6) is 0 Å². The predicted octanol–water partition coefficient (Wildman–Crippen LogP) is 1.16. The molecule has 0 N–H and O–H groups in total. The molecular formula is C10H14O3. The minimum atomic E-state index is -0.433. The molecule has 3 fully saturated rings. The highest BCUT2D eigenvalue weighted by Crippen LogP contribution is 2.42. The van der Waals surface area contributed by atoms with E-state index in [1.807, 2.05) is 0 Å². The normalized spacial score (nSPS) is 37.6. The number of hydrogen-bond donors (Lipinski definition) is 0. The van der Waals surface area contributed by atoms with E-state index in [9.17, 15) is 9.59 Å². The van der Waals surface area contributed by atoms with Crippen molar-refractivity contribution in [3.63, 3.8) is 0 Å². The van der Waals surface area contributed by atoms with Crippen LogP contribution in [0.15, 0.2) is 0 Å². The van der Waals surface area contributed by atoms with Crippen molar-refractivity contribution in [2.24, 2.45) is 17.8 Å². The van der Waals surface area contributed by atoms with Gasteiger partial charge in [-0.3, -0.25) is 9.59 Å².